The average molecular weight is 701 g/mol. The maximum atomic E-state index is 10.3. The van der Waals surface area contributed by atoms with Crippen molar-refractivity contribution in [3.63, 3.8) is 0 Å². The second-order valence-electron chi connectivity index (χ2n) is 12.5. The van der Waals surface area contributed by atoms with E-state index in [9.17, 15) is 5.11 Å². The number of para-hydroxylation sites is 3. The molecule has 7 rings (SSSR count). The van der Waals surface area contributed by atoms with Crippen LogP contribution in [0, 0.1) is 70.6 Å². The Balaban J connectivity index is 0.000000717. The van der Waals surface area contributed by atoms with Crippen LogP contribution in [0.3, 0.4) is 0 Å². The number of hydrogen-bond donors (Lipinski definition) is 3. The molecule has 0 amide bonds. The Morgan fingerprint density at radius 1 is 0.816 bits per heavy atom. The van der Waals surface area contributed by atoms with Crippen LogP contribution in [-0.4, -0.2) is 83.8 Å². The molecule has 3 aliphatic rings. The van der Waals surface area contributed by atoms with Crippen LogP contribution in [0.15, 0.2) is 48.7 Å². The van der Waals surface area contributed by atoms with Crippen LogP contribution < -0.4 is 15.4 Å². The number of aromatic hydroxyl groups is 1. The second kappa shape index (κ2) is 19.0. The van der Waals surface area contributed by atoms with Gasteiger partial charge < -0.3 is 34.7 Å². The van der Waals surface area contributed by atoms with Crippen LogP contribution in [0.4, 0.5) is 5.82 Å². The number of anilines is 1. The number of aryl methyl sites for hydroxylation is 1. The number of methoxy groups -OCH3 is 1. The van der Waals surface area contributed by atoms with E-state index in [1.807, 2.05) is 44.2 Å². The zero-order valence-electron chi connectivity index (χ0n) is 28.6. The Morgan fingerprint density at radius 2 is 1.47 bits per heavy atom. The molecule has 0 bridgehead atoms. The molecule has 1 aliphatic heterocycles. The van der Waals surface area contributed by atoms with Crippen molar-refractivity contribution < 1.29 is 26.9 Å². The number of ether oxygens (including phenoxy) is 1. The zero-order chi connectivity index (χ0) is 33.1. The van der Waals surface area contributed by atoms with E-state index in [0.29, 0.717) is 12.3 Å². The van der Waals surface area contributed by atoms with Gasteiger partial charge in [0.2, 0.25) is 0 Å². The quantitative estimate of drug-likeness (QED) is 0.119. The van der Waals surface area contributed by atoms with Crippen LogP contribution in [0.2, 0.25) is 0 Å². The fourth-order valence-electron chi connectivity index (χ4n) is 6.61. The Labute approximate surface area is 304 Å². The van der Waals surface area contributed by atoms with Crippen LogP contribution in [0.1, 0.15) is 29.5 Å². The smallest absolute Gasteiger partial charge is 0.504 e. The Morgan fingerprint density at radius 3 is 2.14 bits per heavy atom. The first-order chi connectivity index (χ1) is 23.6. The molecule has 8 nitrogen and oxygen atoms in total. The van der Waals surface area contributed by atoms with Crippen molar-refractivity contribution >= 4 is 22.4 Å². The summed E-state index contributed by atoms with van der Waals surface area (Å²) in [6, 6.07) is 14.0. The first-order valence-corrected chi connectivity index (χ1v) is 17.2. The molecule has 3 N–H and O–H groups in total. The third kappa shape index (κ3) is 9.71. The maximum absolute atomic E-state index is 10.3. The molecular weight excluding hydrogens is 652 g/mol. The van der Waals surface area contributed by atoms with E-state index in [4.69, 9.17) is 9.72 Å². The Bertz CT molecular complexity index is 1580. The first-order valence-electron chi connectivity index (χ1n) is 17.2. The number of aromatic nitrogens is 2. The van der Waals surface area contributed by atoms with Crippen LogP contribution >= 0.6 is 0 Å². The van der Waals surface area contributed by atoms with Gasteiger partial charge >= 0.3 is 17.1 Å². The molecule has 2 aromatic heterocycles. The van der Waals surface area contributed by atoms with Gasteiger partial charge in [-0.25, -0.2) is 4.98 Å². The monoisotopic (exact) mass is 700 g/mol. The summed E-state index contributed by atoms with van der Waals surface area (Å²) in [4.78, 5) is 10.2. The van der Waals surface area contributed by atoms with Crippen molar-refractivity contribution in [3.05, 3.63) is 129 Å². The summed E-state index contributed by atoms with van der Waals surface area (Å²) in [5.41, 5.74) is 6.69. The van der Waals surface area contributed by atoms with Gasteiger partial charge in [0, 0.05) is 56.9 Å². The van der Waals surface area contributed by atoms with Crippen molar-refractivity contribution in [1.29, 1.82) is 0 Å². The fourth-order valence-corrected chi connectivity index (χ4v) is 6.61. The van der Waals surface area contributed by atoms with Crippen molar-refractivity contribution in [2.75, 3.05) is 64.8 Å². The number of nitrogens with one attached hydrogen (secondary N) is 2. The van der Waals surface area contributed by atoms with Crippen molar-refractivity contribution in [2.24, 2.45) is 0 Å². The molecule has 3 heterocycles. The summed E-state index contributed by atoms with van der Waals surface area (Å²) in [7, 11) is 1.58. The largest absolute Gasteiger partial charge is 2.00 e. The molecule has 2 aliphatic carbocycles. The summed E-state index contributed by atoms with van der Waals surface area (Å²) in [6.45, 7) is 11.3. The van der Waals surface area contributed by atoms with E-state index in [1.54, 1.807) is 13.2 Å². The molecule has 0 unspecified atom stereocenters. The van der Waals surface area contributed by atoms with Gasteiger partial charge in [0.15, 0.2) is 17.3 Å². The number of benzene rings is 2. The van der Waals surface area contributed by atoms with Gasteiger partial charge in [-0.15, -0.1) is 0 Å². The third-order valence-corrected chi connectivity index (χ3v) is 9.15. The molecule has 0 spiro atoms. The molecule has 256 valence electrons. The van der Waals surface area contributed by atoms with Crippen LogP contribution in [0.5, 0.6) is 11.5 Å². The van der Waals surface area contributed by atoms with Gasteiger partial charge in [0.1, 0.15) is 0 Å². The molecule has 1 saturated heterocycles. The number of piperazine rings is 1. The number of phenolic OH excluding ortho intramolecular Hbond substituents is 1. The summed E-state index contributed by atoms with van der Waals surface area (Å²) >= 11 is 0. The molecule has 0 atom stereocenters. The van der Waals surface area contributed by atoms with Crippen molar-refractivity contribution in [1.82, 2.24) is 24.5 Å². The Kier molecular flexibility index (Phi) is 14.5. The van der Waals surface area contributed by atoms with E-state index >= 15 is 0 Å². The normalized spacial score (nSPS) is 17.3. The van der Waals surface area contributed by atoms with Gasteiger partial charge in [-0.2, -0.15) is 0 Å². The van der Waals surface area contributed by atoms with Gasteiger partial charge in [-0.1, -0.05) is 24.3 Å². The van der Waals surface area contributed by atoms with Crippen LogP contribution in [-0.2, 0) is 23.6 Å². The SMILES string of the molecule is COc1cccc(CNCCCN2CCN(CCCNc3nc4ccccc4n4cc(C)c([C]5[CH][CH][CH][CH]5)c34)CC2)c1O.[CH]1[CH][CH][CH][CH]1.[Fe+2]. The minimum Gasteiger partial charge on any atom is -0.504 e. The van der Waals surface area contributed by atoms with E-state index in [0.717, 1.165) is 93.1 Å². The van der Waals surface area contributed by atoms with Gasteiger partial charge in [-0.05, 0) is 127 Å². The van der Waals surface area contributed by atoms with E-state index in [-0.39, 0.29) is 22.8 Å². The molecule has 4 aromatic rings. The zero-order valence-corrected chi connectivity index (χ0v) is 29.7. The molecular formula is C40H48FeN6O2+2. The number of rotatable bonds is 13. The van der Waals surface area contributed by atoms with E-state index < -0.39 is 0 Å². The maximum Gasteiger partial charge on any atom is 2.00 e. The van der Waals surface area contributed by atoms with E-state index in [2.05, 4.69) is 87.9 Å². The number of nitrogens with zero attached hydrogens (tertiary/aromatic N) is 4. The van der Waals surface area contributed by atoms with Gasteiger partial charge in [0.05, 0.1) is 23.7 Å². The third-order valence-electron chi connectivity index (χ3n) is 9.15. The molecule has 3 fully saturated rings. The van der Waals surface area contributed by atoms with Crippen LogP contribution in [0.25, 0.3) is 16.6 Å². The second-order valence-corrected chi connectivity index (χ2v) is 12.5. The first kappa shape index (κ1) is 37.4. The molecule has 2 aromatic carbocycles. The summed E-state index contributed by atoms with van der Waals surface area (Å²) in [6.07, 6.45) is 23.0. The fraction of sp³-hybridized carbons (Fsp3) is 0.325. The number of fused-ring (bicyclic) bond motifs is 3. The van der Waals surface area contributed by atoms with E-state index in [1.165, 1.54) is 17.0 Å². The Hall–Kier alpha value is -2.81. The molecule has 49 heavy (non-hydrogen) atoms. The summed E-state index contributed by atoms with van der Waals surface area (Å²) in [5.74, 6) is 2.95. The molecule has 9 heteroatoms. The predicted molar refractivity (Wildman–Crippen MR) is 195 cm³/mol. The van der Waals surface area contributed by atoms with Crippen molar-refractivity contribution in [2.45, 2.75) is 26.3 Å². The van der Waals surface area contributed by atoms with Crippen molar-refractivity contribution in [3.8, 4) is 11.5 Å². The standard InChI is InChI=1S/C35H43N6O2.C5H5.Fe/c1-26-25-41-30-14-6-5-13-29(30)38-35(33(41)32(26)27-10-3-4-11-27)37-17-9-19-40-22-20-39(21-23-40)18-8-16-36-24-28-12-7-15-31(43-2)34(28)42;1-2-4-5-3-1;/h3-7,10-15,25,36,42H,8-9,16-24H2,1-2H3,(H,37,38);1-5H;/q;;+2. The minimum atomic E-state index is 0. The molecule has 2 saturated carbocycles. The van der Waals surface area contributed by atoms with Gasteiger partial charge in [0.25, 0.3) is 0 Å². The number of hydrogen-bond acceptors (Lipinski definition) is 7. The minimum absolute atomic E-state index is 0. The average Bonchev–Trinajstić information content (AvgIpc) is 3.92. The summed E-state index contributed by atoms with van der Waals surface area (Å²) in [5, 5.41) is 17.4. The predicted octanol–water partition coefficient (Wildman–Crippen LogP) is 5.88. The topological polar surface area (TPSA) is 77.3 Å². The van der Waals surface area contributed by atoms with Gasteiger partial charge in [-0.3, -0.25) is 0 Å². The number of phenols is 1. The summed E-state index contributed by atoms with van der Waals surface area (Å²) < 4.78 is 7.51. The molecule has 10 radical (unpaired) electrons.